The Bertz CT molecular complexity index is 239. The Morgan fingerprint density at radius 1 is 1.29 bits per heavy atom. The minimum Gasteiger partial charge on any atom is -0.314 e. The number of hydrogen-bond donors (Lipinski definition) is 1. The van der Waals surface area contributed by atoms with Gasteiger partial charge < -0.3 is 5.32 Å². The van der Waals surface area contributed by atoms with Crippen LogP contribution in [-0.4, -0.2) is 42.8 Å². The van der Waals surface area contributed by atoms with Crippen molar-refractivity contribution in [3.8, 4) is 6.07 Å². The highest BCUT2D eigenvalue weighted by atomic mass is 19.4. The predicted octanol–water partition coefficient (Wildman–Crippen LogP) is 0.736. The molecule has 0 bridgehead atoms. The summed E-state index contributed by atoms with van der Waals surface area (Å²) in [5, 5.41) is 11.6. The second kappa shape index (κ2) is 3.75. The number of halogens is 3. The molecule has 14 heavy (non-hydrogen) atoms. The Balaban J connectivity index is 2.84. The van der Waals surface area contributed by atoms with Crippen LogP contribution in [0.25, 0.3) is 0 Å². The van der Waals surface area contributed by atoms with Crippen LogP contribution in [0.15, 0.2) is 0 Å². The van der Waals surface area contributed by atoms with Crippen LogP contribution >= 0.6 is 0 Å². The van der Waals surface area contributed by atoms with Crippen molar-refractivity contribution in [1.29, 1.82) is 5.26 Å². The molecular weight excluding hydrogens is 195 g/mol. The first kappa shape index (κ1) is 11.3. The van der Waals surface area contributed by atoms with Crippen molar-refractivity contribution in [2.75, 3.05) is 26.2 Å². The maximum Gasteiger partial charge on any atom is 0.420 e. The molecule has 1 atom stereocenters. The van der Waals surface area contributed by atoms with Gasteiger partial charge in [0, 0.05) is 26.2 Å². The van der Waals surface area contributed by atoms with Gasteiger partial charge in [0.05, 0.1) is 6.07 Å². The number of alkyl halides is 3. The van der Waals surface area contributed by atoms with Crippen molar-refractivity contribution in [1.82, 2.24) is 10.2 Å². The zero-order valence-electron chi connectivity index (χ0n) is 7.86. The normalized spacial score (nSPS) is 23.9. The van der Waals surface area contributed by atoms with E-state index in [1.165, 1.54) is 11.0 Å². The summed E-state index contributed by atoms with van der Waals surface area (Å²) in [5.74, 6) is 0. The fourth-order valence-corrected chi connectivity index (χ4v) is 1.43. The lowest BCUT2D eigenvalue weighted by Crippen LogP contribution is -2.60. The molecule has 1 rings (SSSR count). The number of piperazine rings is 1. The second-order valence-corrected chi connectivity index (χ2v) is 3.42. The fourth-order valence-electron chi connectivity index (χ4n) is 1.43. The van der Waals surface area contributed by atoms with Gasteiger partial charge in [-0.1, -0.05) is 0 Å². The molecule has 80 valence electrons. The van der Waals surface area contributed by atoms with E-state index in [1.54, 1.807) is 0 Å². The molecule has 0 saturated carbocycles. The van der Waals surface area contributed by atoms with E-state index < -0.39 is 11.7 Å². The van der Waals surface area contributed by atoms with Crippen LogP contribution in [0.1, 0.15) is 6.92 Å². The van der Waals surface area contributed by atoms with E-state index in [1.807, 2.05) is 0 Å². The molecule has 0 aromatic heterocycles. The van der Waals surface area contributed by atoms with E-state index in [2.05, 4.69) is 5.32 Å². The second-order valence-electron chi connectivity index (χ2n) is 3.42. The van der Waals surface area contributed by atoms with Gasteiger partial charge >= 0.3 is 6.18 Å². The maximum atomic E-state index is 12.6. The third-order valence-electron chi connectivity index (χ3n) is 2.52. The van der Waals surface area contributed by atoms with Crippen molar-refractivity contribution in [2.24, 2.45) is 0 Å². The Kier molecular flexibility index (Phi) is 3.02. The number of nitriles is 1. The van der Waals surface area contributed by atoms with Gasteiger partial charge in [0.1, 0.15) is 0 Å². The van der Waals surface area contributed by atoms with E-state index in [9.17, 15) is 13.2 Å². The van der Waals surface area contributed by atoms with Gasteiger partial charge in [-0.2, -0.15) is 18.4 Å². The molecular formula is C8H12F3N3. The molecule has 1 heterocycles. The smallest absolute Gasteiger partial charge is 0.314 e. The Hall–Kier alpha value is -0.800. The molecule has 1 fully saturated rings. The minimum atomic E-state index is -4.50. The average molecular weight is 207 g/mol. The molecule has 0 aromatic rings. The molecule has 0 spiro atoms. The van der Waals surface area contributed by atoms with Crippen LogP contribution in [-0.2, 0) is 0 Å². The molecule has 0 aromatic carbocycles. The van der Waals surface area contributed by atoms with Crippen molar-refractivity contribution in [3.63, 3.8) is 0 Å². The third kappa shape index (κ3) is 1.83. The molecule has 1 aliphatic heterocycles. The summed E-state index contributed by atoms with van der Waals surface area (Å²) in [4.78, 5) is 1.17. The molecule has 1 N–H and O–H groups in total. The van der Waals surface area contributed by atoms with Gasteiger partial charge in [0.15, 0.2) is 0 Å². The summed E-state index contributed by atoms with van der Waals surface area (Å²) in [6.07, 6.45) is -4.50. The lowest BCUT2D eigenvalue weighted by molar-refractivity contribution is -0.207. The number of rotatable bonds is 1. The zero-order chi connectivity index (χ0) is 10.8. The van der Waals surface area contributed by atoms with Crippen molar-refractivity contribution >= 4 is 0 Å². The molecule has 1 saturated heterocycles. The number of hydrogen-bond acceptors (Lipinski definition) is 3. The number of nitrogens with one attached hydrogen (secondary N) is 1. The van der Waals surface area contributed by atoms with E-state index in [0.717, 1.165) is 6.92 Å². The lowest BCUT2D eigenvalue weighted by atomic mass is 10.0. The Morgan fingerprint density at radius 2 is 1.79 bits per heavy atom. The molecule has 1 unspecified atom stereocenters. The van der Waals surface area contributed by atoms with Gasteiger partial charge in [-0.25, -0.2) is 0 Å². The van der Waals surface area contributed by atoms with E-state index in [4.69, 9.17) is 5.26 Å². The summed E-state index contributed by atoms with van der Waals surface area (Å²) in [6, 6.07) is 1.36. The zero-order valence-corrected chi connectivity index (χ0v) is 7.86. The van der Waals surface area contributed by atoms with E-state index in [0.29, 0.717) is 13.1 Å². The van der Waals surface area contributed by atoms with Gasteiger partial charge in [0.2, 0.25) is 5.54 Å². The largest absolute Gasteiger partial charge is 0.420 e. The summed E-state index contributed by atoms with van der Waals surface area (Å²) < 4.78 is 37.8. The summed E-state index contributed by atoms with van der Waals surface area (Å²) >= 11 is 0. The molecule has 1 aliphatic rings. The van der Waals surface area contributed by atoms with Crippen molar-refractivity contribution < 1.29 is 13.2 Å². The van der Waals surface area contributed by atoms with Crippen LogP contribution in [0, 0.1) is 11.3 Å². The van der Waals surface area contributed by atoms with Gasteiger partial charge in [-0.05, 0) is 6.92 Å². The highest BCUT2D eigenvalue weighted by Gasteiger charge is 2.55. The van der Waals surface area contributed by atoms with Gasteiger partial charge in [0.25, 0.3) is 0 Å². The molecule has 3 nitrogen and oxygen atoms in total. The fraction of sp³-hybridized carbons (Fsp3) is 0.875. The highest BCUT2D eigenvalue weighted by Crippen LogP contribution is 2.34. The van der Waals surface area contributed by atoms with Crippen molar-refractivity contribution in [2.45, 2.75) is 18.6 Å². The first-order valence-electron chi connectivity index (χ1n) is 4.35. The monoisotopic (exact) mass is 207 g/mol. The molecule has 0 amide bonds. The van der Waals surface area contributed by atoms with Crippen LogP contribution < -0.4 is 5.32 Å². The first-order valence-corrected chi connectivity index (χ1v) is 4.35. The Morgan fingerprint density at radius 3 is 2.14 bits per heavy atom. The molecule has 0 aliphatic carbocycles. The summed E-state index contributed by atoms with van der Waals surface area (Å²) in [6.45, 7) is 2.42. The third-order valence-corrected chi connectivity index (χ3v) is 2.52. The van der Waals surface area contributed by atoms with Crippen LogP contribution in [0.3, 0.4) is 0 Å². The predicted molar refractivity (Wildman–Crippen MR) is 44.5 cm³/mol. The van der Waals surface area contributed by atoms with Crippen molar-refractivity contribution in [3.05, 3.63) is 0 Å². The van der Waals surface area contributed by atoms with Crippen LogP contribution in [0.2, 0.25) is 0 Å². The topological polar surface area (TPSA) is 39.1 Å². The molecule has 6 heteroatoms. The maximum absolute atomic E-state index is 12.6. The Labute approximate surface area is 80.5 Å². The SMILES string of the molecule is CC(C#N)(N1CCNCC1)C(F)(F)F. The van der Waals surface area contributed by atoms with E-state index >= 15 is 0 Å². The first-order chi connectivity index (χ1) is 6.42. The minimum absolute atomic E-state index is 0.254. The number of nitrogens with zero attached hydrogens (tertiary/aromatic N) is 2. The standard InChI is InChI=1S/C8H12F3N3/c1-7(6-12,8(9,10)11)14-4-2-13-3-5-14/h13H,2-5H2,1H3. The van der Waals surface area contributed by atoms with Gasteiger partial charge in [-0.3, -0.25) is 4.90 Å². The summed E-state index contributed by atoms with van der Waals surface area (Å²) in [5.41, 5.74) is -2.35. The highest BCUT2D eigenvalue weighted by molar-refractivity contribution is 5.11. The van der Waals surface area contributed by atoms with Gasteiger partial charge in [-0.15, -0.1) is 0 Å². The molecule has 0 radical (unpaired) electrons. The quantitative estimate of drug-likeness (QED) is 0.689. The summed E-state index contributed by atoms with van der Waals surface area (Å²) in [7, 11) is 0. The van der Waals surface area contributed by atoms with E-state index in [-0.39, 0.29) is 13.1 Å². The van der Waals surface area contributed by atoms with Crippen LogP contribution in [0.4, 0.5) is 13.2 Å². The van der Waals surface area contributed by atoms with Crippen LogP contribution in [0.5, 0.6) is 0 Å². The average Bonchev–Trinajstić information content (AvgIpc) is 2.16. The lowest BCUT2D eigenvalue weighted by Gasteiger charge is -2.39.